The molecule has 0 aliphatic carbocycles. The number of hydrogen-bond donors (Lipinski definition) is 2. The van der Waals surface area contributed by atoms with E-state index in [9.17, 15) is 22.8 Å². The molecule has 2 amide bonds. The maximum Gasteiger partial charge on any atom is 0.416 e. The van der Waals surface area contributed by atoms with Gasteiger partial charge in [0.05, 0.1) is 22.3 Å². The molecule has 2 N–H and O–H groups in total. The molecular weight excluding hydrogens is 603 g/mol. The molecule has 0 saturated heterocycles. The van der Waals surface area contributed by atoms with Gasteiger partial charge in [0.2, 0.25) is 5.91 Å². The van der Waals surface area contributed by atoms with Gasteiger partial charge in [-0.05, 0) is 73.1 Å². The maximum absolute atomic E-state index is 13.3. The molecule has 1 atom stereocenters. The highest BCUT2D eigenvalue weighted by Gasteiger charge is 2.30. The molecule has 1 unspecified atom stereocenters. The van der Waals surface area contributed by atoms with Crippen LogP contribution >= 0.6 is 0 Å². The molecule has 0 aliphatic heterocycles. The Morgan fingerprint density at radius 3 is 2.38 bits per heavy atom. The Hall–Kier alpha value is -5.09. The Morgan fingerprint density at radius 2 is 1.66 bits per heavy atom. The van der Waals surface area contributed by atoms with Gasteiger partial charge in [-0.3, -0.25) is 19.5 Å². The molecule has 5 rings (SSSR count). The first-order valence-corrected chi connectivity index (χ1v) is 15.5. The van der Waals surface area contributed by atoms with Crippen LogP contribution in [-0.4, -0.2) is 40.3 Å². The van der Waals surface area contributed by atoms with Crippen molar-refractivity contribution in [2.75, 3.05) is 18.9 Å². The summed E-state index contributed by atoms with van der Waals surface area (Å²) in [6.45, 7) is 3.29. The number of likely N-dealkylation sites (N-methyl/N-ethyl adjacent to an activating group) is 1. The predicted molar refractivity (Wildman–Crippen MR) is 178 cm³/mol. The van der Waals surface area contributed by atoms with E-state index in [0.717, 1.165) is 47.9 Å². The average Bonchev–Trinajstić information content (AvgIpc) is 3.07. The molecule has 5 aromatic rings. The van der Waals surface area contributed by atoms with Crippen LogP contribution in [0.4, 0.5) is 19.0 Å². The first-order chi connectivity index (χ1) is 22.6. The zero-order valence-corrected chi connectivity index (χ0v) is 26.2. The van der Waals surface area contributed by atoms with Crippen molar-refractivity contribution in [2.45, 2.75) is 44.9 Å². The fraction of sp³-hybridized carbons (Fsp3) is 0.243. The number of anilines is 1. The van der Waals surface area contributed by atoms with Crippen LogP contribution in [0, 0.1) is 0 Å². The molecule has 0 aliphatic rings. The second-order valence-corrected chi connectivity index (χ2v) is 11.4. The van der Waals surface area contributed by atoms with Crippen molar-refractivity contribution >= 4 is 28.5 Å². The van der Waals surface area contributed by atoms with Gasteiger partial charge in [-0.2, -0.15) is 13.2 Å². The summed E-state index contributed by atoms with van der Waals surface area (Å²) in [5.41, 5.74) is 2.65. The normalized spacial score (nSPS) is 12.2. The van der Waals surface area contributed by atoms with E-state index in [0.29, 0.717) is 30.0 Å². The van der Waals surface area contributed by atoms with Crippen molar-refractivity contribution < 1.29 is 22.8 Å². The van der Waals surface area contributed by atoms with Crippen LogP contribution in [0.25, 0.3) is 22.2 Å². The smallest absolute Gasteiger partial charge is 0.354 e. The number of halogens is 3. The quantitative estimate of drug-likeness (QED) is 0.135. The van der Waals surface area contributed by atoms with E-state index in [1.165, 1.54) is 18.3 Å². The second-order valence-electron chi connectivity index (χ2n) is 11.4. The maximum atomic E-state index is 13.3. The van der Waals surface area contributed by atoms with Gasteiger partial charge in [-0.25, -0.2) is 4.98 Å². The lowest BCUT2D eigenvalue weighted by atomic mass is 10.0. The Kier molecular flexibility index (Phi) is 10.6. The molecule has 2 aromatic heterocycles. The lowest BCUT2D eigenvalue weighted by Crippen LogP contribution is -2.38. The average molecular weight is 640 g/mol. The predicted octanol–water partition coefficient (Wildman–Crippen LogP) is 8.05. The number of aromatic nitrogens is 2. The zero-order valence-electron chi connectivity index (χ0n) is 26.2. The number of nitrogens with zero attached hydrogens (tertiary/aromatic N) is 3. The summed E-state index contributed by atoms with van der Waals surface area (Å²) in [5.74, 6) is -0.204. The third-order valence-corrected chi connectivity index (χ3v) is 7.85. The lowest BCUT2D eigenvalue weighted by Gasteiger charge is -2.28. The summed E-state index contributed by atoms with van der Waals surface area (Å²) in [5, 5.41) is 6.75. The highest BCUT2D eigenvalue weighted by molar-refractivity contribution is 6.08. The van der Waals surface area contributed by atoms with Gasteiger partial charge in [0, 0.05) is 30.2 Å². The van der Waals surface area contributed by atoms with Gasteiger partial charge in [-0.1, -0.05) is 68.3 Å². The largest absolute Gasteiger partial charge is 0.416 e. The Labute approximate surface area is 271 Å². The number of hydrogen-bond acceptors (Lipinski definition) is 5. The number of benzene rings is 3. The number of carbonyl (C=O) groups is 2. The number of carbonyl (C=O) groups excluding carboxylic acids is 2. The van der Waals surface area contributed by atoms with E-state index in [1.807, 2.05) is 66.5 Å². The number of amides is 2. The van der Waals surface area contributed by atoms with E-state index >= 15 is 0 Å². The monoisotopic (exact) mass is 639 g/mol. The summed E-state index contributed by atoms with van der Waals surface area (Å²) in [7, 11) is 1.93. The fourth-order valence-electron chi connectivity index (χ4n) is 5.47. The zero-order chi connectivity index (χ0) is 33.4. The van der Waals surface area contributed by atoms with Crippen LogP contribution in [0.5, 0.6) is 0 Å². The van der Waals surface area contributed by atoms with E-state index in [-0.39, 0.29) is 17.2 Å². The molecule has 3 aromatic carbocycles. The number of pyridine rings is 2. The highest BCUT2D eigenvalue weighted by Crippen LogP contribution is 2.31. The van der Waals surface area contributed by atoms with E-state index in [1.54, 1.807) is 18.2 Å². The van der Waals surface area contributed by atoms with Gasteiger partial charge in [0.25, 0.3) is 5.91 Å². The van der Waals surface area contributed by atoms with Gasteiger partial charge in [-0.15, -0.1) is 0 Å². The van der Waals surface area contributed by atoms with Gasteiger partial charge >= 0.3 is 6.18 Å². The van der Waals surface area contributed by atoms with Crippen molar-refractivity contribution in [3.8, 4) is 11.3 Å². The highest BCUT2D eigenvalue weighted by atomic mass is 19.4. The molecule has 10 heteroatoms. The number of fused-ring (bicyclic) bond motifs is 1. The van der Waals surface area contributed by atoms with Gasteiger partial charge in [0.15, 0.2) is 0 Å². The summed E-state index contributed by atoms with van der Waals surface area (Å²) in [4.78, 5) is 37.4. The minimum absolute atomic E-state index is 0.0345. The molecule has 0 radical (unpaired) electrons. The van der Waals surface area contributed by atoms with Crippen molar-refractivity contribution in [3.63, 3.8) is 0 Å². The van der Waals surface area contributed by atoms with Crippen LogP contribution in [0.15, 0.2) is 103 Å². The van der Waals surface area contributed by atoms with Gasteiger partial charge < -0.3 is 10.6 Å². The summed E-state index contributed by atoms with van der Waals surface area (Å²) in [6, 6.07) is 26.3. The number of alkyl halides is 3. The SMILES string of the molecule is CCCCCNC(=O)C(c1ccccc1)N(C)Cc1ccc2nc(NC(=O)c3cccnc3-c3ccc(C(F)(F)F)cc3)ccc2c1. The number of nitrogens with one attached hydrogen (secondary N) is 2. The molecular formula is C37H36F3N5O2. The van der Waals surface area contributed by atoms with Crippen molar-refractivity contribution in [1.82, 2.24) is 20.2 Å². The van der Waals surface area contributed by atoms with E-state index in [2.05, 4.69) is 27.5 Å². The van der Waals surface area contributed by atoms with Crippen LogP contribution < -0.4 is 10.6 Å². The fourth-order valence-corrected chi connectivity index (χ4v) is 5.47. The molecule has 242 valence electrons. The summed E-state index contributed by atoms with van der Waals surface area (Å²) in [6.07, 6.45) is 0.108. The number of unbranched alkanes of at least 4 members (excludes halogenated alkanes) is 2. The van der Waals surface area contributed by atoms with Crippen LogP contribution in [0.1, 0.15) is 59.3 Å². The lowest BCUT2D eigenvalue weighted by molar-refractivity contribution is -0.137. The van der Waals surface area contributed by atoms with Crippen LogP contribution in [0.3, 0.4) is 0 Å². The van der Waals surface area contributed by atoms with Crippen molar-refractivity contribution in [2.24, 2.45) is 0 Å². The third kappa shape index (κ3) is 8.39. The standard InChI is InChI=1S/C37H36F3N5O2/c1-3-4-8-21-42-36(47)34(27-10-6-5-7-11-27)45(2)24-25-13-19-31-28(23-25)16-20-32(43-31)44-35(46)30-12-9-22-41-33(30)26-14-17-29(18-15-26)37(38,39)40/h5-7,9-20,22-23,34H,3-4,8,21,24H2,1-2H3,(H,42,47)(H,43,44,46). The van der Waals surface area contributed by atoms with Crippen LogP contribution in [0.2, 0.25) is 0 Å². The van der Waals surface area contributed by atoms with E-state index < -0.39 is 23.7 Å². The first-order valence-electron chi connectivity index (χ1n) is 15.5. The van der Waals surface area contributed by atoms with Crippen LogP contribution in [-0.2, 0) is 17.5 Å². The van der Waals surface area contributed by atoms with E-state index in [4.69, 9.17) is 0 Å². The summed E-state index contributed by atoms with van der Waals surface area (Å²) >= 11 is 0. The molecule has 0 saturated carbocycles. The number of rotatable bonds is 12. The minimum atomic E-state index is -4.46. The molecule has 2 heterocycles. The third-order valence-electron chi connectivity index (χ3n) is 7.85. The topological polar surface area (TPSA) is 87.2 Å². The Morgan fingerprint density at radius 1 is 0.894 bits per heavy atom. The second kappa shape index (κ2) is 15.0. The molecule has 7 nitrogen and oxygen atoms in total. The van der Waals surface area contributed by atoms with Gasteiger partial charge in [0.1, 0.15) is 11.9 Å². The molecule has 0 fully saturated rings. The molecule has 0 spiro atoms. The Bertz CT molecular complexity index is 1830. The van der Waals surface area contributed by atoms with Crippen molar-refractivity contribution in [3.05, 3.63) is 126 Å². The molecule has 47 heavy (non-hydrogen) atoms. The first kappa shape index (κ1) is 33.3. The van der Waals surface area contributed by atoms with Crippen molar-refractivity contribution in [1.29, 1.82) is 0 Å². The molecule has 0 bridgehead atoms. The Balaban J connectivity index is 1.30. The minimum Gasteiger partial charge on any atom is -0.354 e. The summed E-state index contributed by atoms with van der Waals surface area (Å²) < 4.78 is 39.1.